The third-order valence-electron chi connectivity index (χ3n) is 3.41. The summed E-state index contributed by atoms with van der Waals surface area (Å²) in [6, 6.07) is -0.0717. The number of carbonyl (C=O) groups excluding carboxylic acids is 1. The molecular formula is C10H14BrNO3. The number of likely N-dealkylation sites (tertiary alicyclic amines) is 1. The van der Waals surface area contributed by atoms with E-state index in [1.165, 1.54) is 4.90 Å². The number of hydrogen-bond acceptors (Lipinski definition) is 2. The largest absolute Gasteiger partial charge is 0.465 e. The highest BCUT2D eigenvalue weighted by Gasteiger charge is 2.43. The molecule has 0 aromatic heterocycles. The molecule has 0 aromatic rings. The molecular weight excluding hydrogens is 262 g/mol. The van der Waals surface area contributed by atoms with Crippen LogP contribution in [0, 0.1) is 5.92 Å². The SMILES string of the molecule is O=C1C(Br)CC[C@H]2[C@H]1CCCN2C(=O)O. The summed E-state index contributed by atoms with van der Waals surface area (Å²) in [4.78, 5) is 24.2. The Morgan fingerprint density at radius 2 is 2.13 bits per heavy atom. The fourth-order valence-electron chi connectivity index (χ4n) is 2.67. The van der Waals surface area contributed by atoms with Gasteiger partial charge in [0.1, 0.15) is 0 Å². The van der Waals surface area contributed by atoms with E-state index in [2.05, 4.69) is 15.9 Å². The van der Waals surface area contributed by atoms with Crippen LogP contribution in [0.5, 0.6) is 0 Å². The van der Waals surface area contributed by atoms with Crippen molar-refractivity contribution in [2.24, 2.45) is 5.92 Å². The number of hydrogen-bond donors (Lipinski definition) is 1. The minimum absolute atomic E-state index is 0.0625. The van der Waals surface area contributed by atoms with E-state index in [9.17, 15) is 9.59 Å². The number of carboxylic acid groups (broad SMARTS) is 1. The molecule has 1 aliphatic carbocycles. The van der Waals surface area contributed by atoms with Gasteiger partial charge in [0.05, 0.1) is 4.83 Å². The van der Waals surface area contributed by atoms with Crippen LogP contribution in [0.4, 0.5) is 4.79 Å². The molecule has 0 bridgehead atoms. The fourth-order valence-corrected chi connectivity index (χ4v) is 3.28. The zero-order chi connectivity index (χ0) is 11.0. The third-order valence-corrected chi connectivity index (χ3v) is 4.32. The van der Waals surface area contributed by atoms with Crippen molar-refractivity contribution in [3.8, 4) is 0 Å². The van der Waals surface area contributed by atoms with Crippen LogP contribution in [0.25, 0.3) is 0 Å². The van der Waals surface area contributed by atoms with Crippen LogP contribution < -0.4 is 0 Å². The normalized spacial score (nSPS) is 36.2. The second-order valence-corrected chi connectivity index (χ2v) is 5.34. The molecule has 5 heteroatoms. The molecule has 1 unspecified atom stereocenters. The molecule has 15 heavy (non-hydrogen) atoms. The summed E-state index contributed by atoms with van der Waals surface area (Å²) in [5, 5.41) is 9.03. The van der Waals surface area contributed by atoms with Gasteiger partial charge in [0, 0.05) is 18.5 Å². The standard InChI is InChI=1S/C10H14BrNO3/c11-7-3-4-8-6(9(7)13)2-1-5-12(8)10(14)15/h6-8H,1-5H2,(H,14,15)/t6-,7?,8+/m1/s1. The number of nitrogens with zero attached hydrogens (tertiary/aromatic N) is 1. The molecule has 2 fully saturated rings. The molecule has 0 radical (unpaired) electrons. The average molecular weight is 276 g/mol. The van der Waals surface area contributed by atoms with Gasteiger partial charge in [0.2, 0.25) is 0 Å². The van der Waals surface area contributed by atoms with Gasteiger partial charge in [-0.2, -0.15) is 0 Å². The minimum Gasteiger partial charge on any atom is -0.465 e. The van der Waals surface area contributed by atoms with Gasteiger partial charge < -0.3 is 10.0 Å². The Morgan fingerprint density at radius 1 is 1.40 bits per heavy atom. The summed E-state index contributed by atoms with van der Waals surface area (Å²) in [5.74, 6) is 0.116. The number of amides is 1. The predicted molar refractivity (Wildman–Crippen MR) is 58.2 cm³/mol. The van der Waals surface area contributed by atoms with Crippen LogP contribution in [0.1, 0.15) is 25.7 Å². The molecule has 0 aromatic carbocycles. The first-order valence-electron chi connectivity index (χ1n) is 5.28. The predicted octanol–water partition coefficient (Wildman–Crippen LogP) is 1.87. The van der Waals surface area contributed by atoms with Crippen molar-refractivity contribution in [1.29, 1.82) is 0 Å². The molecule has 1 N–H and O–H groups in total. The highest BCUT2D eigenvalue weighted by Crippen LogP contribution is 2.35. The van der Waals surface area contributed by atoms with Crippen LogP contribution in [-0.2, 0) is 4.79 Å². The van der Waals surface area contributed by atoms with Gasteiger partial charge in [-0.3, -0.25) is 4.79 Å². The Kier molecular flexibility index (Phi) is 3.00. The van der Waals surface area contributed by atoms with Crippen molar-refractivity contribution in [3.63, 3.8) is 0 Å². The summed E-state index contributed by atoms with van der Waals surface area (Å²) in [5.41, 5.74) is 0. The molecule has 1 saturated carbocycles. The number of carbonyl (C=O) groups is 2. The molecule has 1 aliphatic heterocycles. The second kappa shape index (κ2) is 4.12. The maximum absolute atomic E-state index is 11.9. The number of fused-ring (bicyclic) bond motifs is 1. The average Bonchev–Trinajstić information content (AvgIpc) is 2.23. The van der Waals surface area contributed by atoms with Gasteiger partial charge in [0.15, 0.2) is 5.78 Å². The van der Waals surface area contributed by atoms with Crippen molar-refractivity contribution in [1.82, 2.24) is 4.90 Å². The number of rotatable bonds is 0. The molecule has 84 valence electrons. The molecule has 1 amide bonds. The lowest BCUT2D eigenvalue weighted by Crippen LogP contribution is -2.54. The van der Waals surface area contributed by atoms with Crippen LogP contribution in [0.2, 0.25) is 0 Å². The lowest BCUT2D eigenvalue weighted by atomic mass is 9.77. The van der Waals surface area contributed by atoms with Crippen molar-refractivity contribution < 1.29 is 14.7 Å². The monoisotopic (exact) mass is 275 g/mol. The van der Waals surface area contributed by atoms with Gasteiger partial charge in [-0.1, -0.05) is 15.9 Å². The number of Topliss-reactive ketones (excluding diaryl/α,β-unsaturated/α-hetero) is 1. The molecule has 1 heterocycles. The van der Waals surface area contributed by atoms with E-state index >= 15 is 0 Å². The summed E-state index contributed by atoms with van der Waals surface area (Å²) in [6.45, 7) is 0.580. The smallest absolute Gasteiger partial charge is 0.407 e. The van der Waals surface area contributed by atoms with Gasteiger partial charge >= 0.3 is 6.09 Å². The van der Waals surface area contributed by atoms with Gasteiger partial charge in [-0.05, 0) is 25.7 Å². The first kappa shape index (κ1) is 10.9. The van der Waals surface area contributed by atoms with E-state index in [1.807, 2.05) is 0 Å². The topological polar surface area (TPSA) is 57.6 Å². The molecule has 1 saturated heterocycles. The van der Waals surface area contributed by atoms with Crippen molar-refractivity contribution in [2.45, 2.75) is 36.6 Å². The Balaban J connectivity index is 2.17. The zero-order valence-corrected chi connectivity index (χ0v) is 9.94. The van der Waals surface area contributed by atoms with Crippen LogP contribution in [-0.4, -0.2) is 39.3 Å². The fraction of sp³-hybridized carbons (Fsp3) is 0.800. The van der Waals surface area contributed by atoms with Crippen LogP contribution in [0.3, 0.4) is 0 Å². The maximum Gasteiger partial charge on any atom is 0.407 e. The van der Waals surface area contributed by atoms with E-state index in [1.54, 1.807) is 0 Å². The molecule has 3 atom stereocenters. The van der Waals surface area contributed by atoms with E-state index in [0.717, 1.165) is 25.7 Å². The Labute approximate surface area is 96.8 Å². The molecule has 2 rings (SSSR count). The van der Waals surface area contributed by atoms with E-state index in [-0.39, 0.29) is 22.6 Å². The molecule has 0 spiro atoms. The third kappa shape index (κ3) is 1.89. The Bertz CT molecular complexity index is 294. The Morgan fingerprint density at radius 3 is 2.80 bits per heavy atom. The summed E-state index contributed by atoms with van der Waals surface area (Å²) in [7, 11) is 0. The van der Waals surface area contributed by atoms with Gasteiger partial charge in [-0.15, -0.1) is 0 Å². The number of halogens is 1. The number of alkyl halides is 1. The van der Waals surface area contributed by atoms with E-state index < -0.39 is 6.09 Å². The first-order chi connectivity index (χ1) is 7.11. The summed E-state index contributed by atoms with van der Waals surface area (Å²) in [6.07, 6.45) is 2.32. The minimum atomic E-state index is -0.884. The van der Waals surface area contributed by atoms with Crippen LogP contribution in [0.15, 0.2) is 0 Å². The van der Waals surface area contributed by atoms with E-state index in [0.29, 0.717) is 6.54 Å². The van der Waals surface area contributed by atoms with Crippen molar-refractivity contribution in [3.05, 3.63) is 0 Å². The highest BCUT2D eigenvalue weighted by atomic mass is 79.9. The van der Waals surface area contributed by atoms with Gasteiger partial charge in [-0.25, -0.2) is 4.79 Å². The number of ketones is 1. The second-order valence-electron chi connectivity index (χ2n) is 4.24. The first-order valence-corrected chi connectivity index (χ1v) is 6.20. The lowest BCUT2D eigenvalue weighted by Gasteiger charge is -2.42. The van der Waals surface area contributed by atoms with Crippen molar-refractivity contribution >= 4 is 27.8 Å². The molecule has 4 nitrogen and oxygen atoms in total. The number of piperidine rings is 1. The van der Waals surface area contributed by atoms with Crippen LogP contribution >= 0.6 is 15.9 Å². The van der Waals surface area contributed by atoms with E-state index in [4.69, 9.17) is 5.11 Å². The van der Waals surface area contributed by atoms with Crippen molar-refractivity contribution in [2.75, 3.05) is 6.54 Å². The maximum atomic E-state index is 11.9. The highest BCUT2D eigenvalue weighted by molar-refractivity contribution is 9.10. The summed E-state index contributed by atoms with van der Waals surface area (Å²) >= 11 is 3.36. The van der Waals surface area contributed by atoms with Gasteiger partial charge in [0.25, 0.3) is 0 Å². The Hall–Kier alpha value is -0.580. The molecule has 2 aliphatic rings. The quantitative estimate of drug-likeness (QED) is 0.687. The summed E-state index contributed by atoms with van der Waals surface area (Å²) < 4.78 is 0. The zero-order valence-electron chi connectivity index (χ0n) is 8.36. The lowest BCUT2D eigenvalue weighted by molar-refractivity contribution is -0.127.